The Morgan fingerprint density at radius 1 is 1.05 bits per heavy atom. The second-order valence-electron chi connectivity index (χ2n) is 4.69. The normalized spacial score (nSPS) is 13.9. The first-order chi connectivity index (χ1) is 9.65. The zero-order chi connectivity index (χ0) is 14.4. The van der Waals surface area contributed by atoms with Crippen molar-refractivity contribution in [3.8, 4) is 0 Å². The van der Waals surface area contributed by atoms with E-state index in [1.165, 1.54) is 0 Å². The lowest BCUT2D eigenvalue weighted by Gasteiger charge is -2.18. The molecule has 2 nitrogen and oxygen atoms in total. The van der Waals surface area contributed by atoms with Crippen LogP contribution in [0.1, 0.15) is 5.56 Å². The average Bonchev–Trinajstić information content (AvgIpc) is 2.47. The van der Waals surface area contributed by atoms with Crippen LogP contribution in [0.15, 0.2) is 59.5 Å². The monoisotopic (exact) mass is 307 g/mol. The predicted molar refractivity (Wildman–Crippen MR) is 86.3 cm³/mol. The smallest absolute Gasteiger partial charge is 0.0788 e. The SMILES string of the molecule is NC(Cc1ccccc1)C(O)CSc1ccc(Cl)cc1. The van der Waals surface area contributed by atoms with Crippen molar-refractivity contribution < 1.29 is 5.11 Å². The van der Waals surface area contributed by atoms with Gasteiger partial charge in [0.1, 0.15) is 0 Å². The van der Waals surface area contributed by atoms with Gasteiger partial charge in [-0.1, -0.05) is 41.9 Å². The highest BCUT2D eigenvalue weighted by molar-refractivity contribution is 7.99. The number of thioether (sulfide) groups is 1. The van der Waals surface area contributed by atoms with Crippen LogP contribution in [0.25, 0.3) is 0 Å². The first kappa shape index (κ1) is 15.4. The van der Waals surface area contributed by atoms with Crippen molar-refractivity contribution in [1.82, 2.24) is 0 Å². The third-order valence-electron chi connectivity index (χ3n) is 3.04. The Hall–Kier alpha value is -1.00. The van der Waals surface area contributed by atoms with Crippen LogP contribution < -0.4 is 5.73 Å². The van der Waals surface area contributed by atoms with E-state index >= 15 is 0 Å². The minimum absolute atomic E-state index is 0.253. The predicted octanol–water partition coefficient (Wildman–Crippen LogP) is 3.36. The Morgan fingerprint density at radius 2 is 1.70 bits per heavy atom. The van der Waals surface area contributed by atoms with Gasteiger partial charge in [0.2, 0.25) is 0 Å². The van der Waals surface area contributed by atoms with Crippen LogP contribution in [0, 0.1) is 0 Å². The molecule has 0 radical (unpaired) electrons. The van der Waals surface area contributed by atoms with Crippen molar-refractivity contribution >= 4 is 23.4 Å². The quantitative estimate of drug-likeness (QED) is 0.804. The zero-order valence-corrected chi connectivity index (χ0v) is 12.6. The molecule has 0 aromatic heterocycles. The van der Waals surface area contributed by atoms with Gasteiger partial charge in [-0.15, -0.1) is 11.8 Å². The Morgan fingerprint density at radius 3 is 2.35 bits per heavy atom. The molecular formula is C16H18ClNOS. The van der Waals surface area contributed by atoms with Gasteiger partial charge in [0.05, 0.1) is 6.10 Å². The molecule has 0 amide bonds. The maximum Gasteiger partial charge on any atom is 0.0788 e. The fourth-order valence-electron chi connectivity index (χ4n) is 1.86. The molecule has 2 atom stereocenters. The van der Waals surface area contributed by atoms with Gasteiger partial charge in [0.15, 0.2) is 0 Å². The van der Waals surface area contributed by atoms with Gasteiger partial charge in [0.25, 0.3) is 0 Å². The number of rotatable bonds is 6. The lowest BCUT2D eigenvalue weighted by atomic mass is 10.0. The number of hydrogen-bond acceptors (Lipinski definition) is 3. The number of halogens is 1. The van der Waals surface area contributed by atoms with Crippen molar-refractivity contribution in [2.45, 2.75) is 23.5 Å². The molecule has 0 heterocycles. The maximum atomic E-state index is 10.1. The number of hydrogen-bond donors (Lipinski definition) is 2. The minimum Gasteiger partial charge on any atom is -0.391 e. The van der Waals surface area contributed by atoms with Crippen LogP contribution in [-0.2, 0) is 6.42 Å². The molecule has 0 aliphatic heterocycles. The van der Waals surface area contributed by atoms with E-state index in [0.29, 0.717) is 12.2 Å². The summed E-state index contributed by atoms with van der Waals surface area (Å²) in [5, 5.41) is 10.8. The topological polar surface area (TPSA) is 46.2 Å². The third-order valence-corrected chi connectivity index (χ3v) is 4.41. The molecule has 0 saturated carbocycles. The second kappa shape index (κ2) is 7.70. The number of nitrogens with two attached hydrogens (primary N) is 1. The molecule has 0 bridgehead atoms. The Kier molecular flexibility index (Phi) is 5.92. The summed E-state index contributed by atoms with van der Waals surface area (Å²) in [4.78, 5) is 1.08. The van der Waals surface area contributed by atoms with E-state index in [1.54, 1.807) is 11.8 Å². The standard InChI is InChI=1S/C16H18ClNOS/c17-13-6-8-14(9-7-13)20-11-16(19)15(18)10-12-4-2-1-3-5-12/h1-9,15-16,19H,10-11,18H2. The van der Waals surface area contributed by atoms with Crippen molar-refractivity contribution in [3.63, 3.8) is 0 Å². The molecule has 0 fully saturated rings. The number of aliphatic hydroxyl groups excluding tert-OH is 1. The summed E-state index contributed by atoms with van der Waals surface area (Å²) in [6.45, 7) is 0. The lowest BCUT2D eigenvalue weighted by molar-refractivity contribution is 0.167. The van der Waals surface area contributed by atoms with E-state index in [-0.39, 0.29) is 6.04 Å². The molecule has 2 rings (SSSR count). The van der Waals surface area contributed by atoms with E-state index in [2.05, 4.69) is 0 Å². The largest absolute Gasteiger partial charge is 0.391 e. The fraction of sp³-hybridized carbons (Fsp3) is 0.250. The summed E-state index contributed by atoms with van der Waals surface area (Å²) in [5.41, 5.74) is 7.20. The first-order valence-corrected chi connectivity index (χ1v) is 7.87. The van der Waals surface area contributed by atoms with E-state index in [9.17, 15) is 5.11 Å². The van der Waals surface area contributed by atoms with E-state index < -0.39 is 6.10 Å². The molecule has 106 valence electrons. The summed E-state index contributed by atoms with van der Waals surface area (Å²) in [6, 6.07) is 17.3. The highest BCUT2D eigenvalue weighted by Gasteiger charge is 2.15. The Balaban J connectivity index is 1.82. The molecular weight excluding hydrogens is 290 g/mol. The van der Waals surface area contributed by atoms with E-state index in [1.807, 2.05) is 54.6 Å². The minimum atomic E-state index is -0.532. The molecule has 2 aromatic rings. The van der Waals surface area contributed by atoms with Crippen molar-refractivity contribution in [2.75, 3.05) is 5.75 Å². The van der Waals surface area contributed by atoms with Crippen molar-refractivity contribution in [3.05, 3.63) is 65.2 Å². The summed E-state index contributed by atoms with van der Waals surface area (Å²) < 4.78 is 0. The average molecular weight is 308 g/mol. The highest BCUT2D eigenvalue weighted by atomic mass is 35.5. The van der Waals surface area contributed by atoms with E-state index in [4.69, 9.17) is 17.3 Å². The molecule has 4 heteroatoms. The van der Waals surface area contributed by atoms with Gasteiger partial charge in [-0.3, -0.25) is 0 Å². The number of benzene rings is 2. The summed E-state index contributed by atoms with van der Waals surface area (Å²) >= 11 is 7.42. The van der Waals surface area contributed by atoms with Gasteiger partial charge < -0.3 is 10.8 Å². The molecule has 2 aromatic carbocycles. The first-order valence-electron chi connectivity index (χ1n) is 6.51. The second-order valence-corrected chi connectivity index (χ2v) is 6.22. The van der Waals surface area contributed by atoms with Crippen LogP contribution in [0.5, 0.6) is 0 Å². The van der Waals surface area contributed by atoms with Crippen molar-refractivity contribution in [1.29, 1.82) is 0 Å². The molecule has 20 heavy (non-hydrogen) atoms. The summed E-state index contributed by atoms with van der Waals surface area (Å²) in [7, 11) is 0. The van der Waals surface area contributed by atoms with Crippen molar-refractivity contribution in [2.24, 2.45) is 5.73 Å². The van der Waals surface area contributed by atoms with Gasteiger partial charge in [-0.05, 0) is 36.2 Å². The summed E-state index contributed by atoms with van der Waals surface area (Å²) in [6.07, 6.45) is 0.152. The molecule has 0 aliphatic rings. The fourth-order valence-corrected chi connectivity index (χ4v) is 2.92. The third kappa shape index (κ3) is 4.84. The molecule has 0 aliphatic carbocycles. The molecule has 0 saturated heterocycles. The van der Waals surface area contributed by atoms with Crippen LogP contribution >= 0.6 is 23.4 Å². The molecule has 3 N–H and O–H groups in total. The van der Waals surface area contributed by atoms with Gasteiger partial charge >= 0.3 is 0 Å². The maximum absolute atomic E-state index is 10.1. The van der Waals surface area contributed by atoms with Crippen LogP contribution in [0.2, 0.25) is 5.02 Å². The Bertz CT molecular complexity index is 518. The van der Waals surface area contributed by atoms with Crippen LogP contribution in [0.3, 0.4) is 0 Å². The number of aliphatic hydroxyl groups is 1. The van der Waals surface area contributed by atoms with Gasteiger partial charge in [-0.2, -0.15) is 0 Å². The van der Waals surface area contributed by atoms with Gasteiger partial charge in [0, 0.05) is 21.7 Å². The molecule has 2 unspecified atom stereocenters. The van der Waals surface area contributed by atoms with Crippen LogP contribution in [0.4, 0.5) is 0 Å². The lowest BCUT2D eigenvalue weighted by Crippen LogP contribution is -2.38. The highest BCUT2D eigenvalue weighted by Crippen LogP contribution is 2.21. The summed E-state index contributed by atoms with van der Waals surface area (Å²) in [5.74, 6) is 0.579. The molecule has 0 spiro atoms. The van der Waals surface area contributed by atoms with Gasteiger partial charge in [-0.25, -0.2) is 0 Å². The van der Waals surface area contributed by atoms with E-state index in [0.717, 1.165) is 15.5 Å². The zero-order valence-electron chi connectivity index (χ0n) is 11.1. The van der Waals surface area contributed by atoms with Crippen LogP contribution in [-0.4, -0.2) is 23.0 Å². The Labute approximate surface area is 129 Å².